The number of methoxy groups -OCH3 is 1. The van der Waals surface area contributed by atoms with Crippen LogP contribution in [0.2, 0.25) is 0 Å². The Bertz CT molecular complexity index is 596. The predicted molar refractivity (Wildman–Crippen MR) is 77.8 cm³/mol. The Balaban J connectivity index is 2.18. The topological polar surface area (TPSA) is 77.0 Å². The van der Waals surface area contributed by atoms with Crippen LogP contribution in [0, 0.1) is 13.8 Å². The van der Waals surface area contributed by atoms with Crippen molar-refractivity contribution in [2.75, 3.05) is 13.7 Å². The van der Waals surface area contributed by atoms with Crippen molar-refractivity contribution in [1.29, 1.82) is 0 Å². The number of ether oxygens (including phenoxy) is 1. The summed E-state index contributed by atoms with van der Waals surface area (Å²) in [5.74, 6) is 0.303. The van der Waals surface area contributed by atoms with Crippen LogP contribution in [0.25, 0.3) is 0 Å². The summed E-state index contributed by atoms with van der Waals surface area (Å²) < 4.78 is 5.16. The minimum absolute atomic E-state index is 0.267. The van der Waals surface area contributed by atoms with E-state index in [-0.39, 0.29) is 11.9 Å². The minimum atomic E-state index is -0.320. The van der Waals surface area contributed by atoms with Crippen LogP contribution in [0.4, 0.5) is 0 Å². The monoisotopic (exact) mass is 286 g/mol. The second-order valence-corrected chi connectivity index (χ2v) is 4.68. The first-order chi connectivity index (χ1) is 10.1. The molecule has 0 spiro atoms. The molecule has 1 unspecified atom stereocenters. The first-order valence-corrected chi connectivity index (χ1v) is 6.63. The molecule has 1 atom stereocenters. The molecular formula is C15H18N4O2. The van der Waals surface area contributed by atoms with Crippen molar-refractivity contribution in [3.8, 4) is 0 Å². The van der Waals surface area contributed by atoms with Gasteiger partial charge in [-0.1, -0.05) is 6.07 Å². The number of carbonyl (C=O) groups excluding carboxylic acids is 1. The average molecular weight is 286 g/mol. The summed E-state index contributed by atoms with van der Waals surface area (Å²) in [5.41, 5.74) is 1.85. The minimum Gasteiger partial charge on any atom is -0.382 e. The quantitative estimate of drug-likeness (QED) is 0.903. The molecule has 2 rings (SSSR count). The van der Waals surface area contributed by atoms with E-state index in [0.29, 0.717) is 18.1 Å². The molecule has 6 nitrogen and oxygen atoms in total. The van der Waals surface area contributed by atoms with E-state index in [4.69, 9.17) is 4.74 Å². The number of nitrogens with one attached hydrogen (secondary N) is 1. The third-order valence-electron chi connectivity index (χ3n) is 2.88. The fourth-order valence-corrected chi connectivity index (χ4v) is 2.02. The number of hydrogen-bond acceptors (Lipinski definition) is 5. The van der Waals surface area contributed by atoms with E-state index in [2.05, 4.69) is 20.3 Å². The predicted octanol–water partition coefficient (Wildman–Crippen LogP) is 1.61. The summed E-state index contributed by atoms with van der Waals surface area (Å²) in [6.07, 6.45) is 1.68. The summed E-state index contributed by atoms with van der Waals surface area (Å²) in [6.45, 7) is 3.93. The zero-order valence-corrected chi connectivity index (χ0v) is 12.3. The normalized spacial score (nSPS) is 12.0. The van der Waals surface area contributed by atoms with E-state index >= 15 is 0 Å². The third-order valence-corrected chi connectivity index (χ3v) is 2.88. The van der Waals surface area contributed by atoms with E-state index in [1.165, 1.54) is 0 Å². The van der Waals surface area contributed by atoms with Crippen LogP contribution in [-0.2, 0) is 4.74 Å². The highest BCUT2D eigenvalue weighted by Gasteiger charge is 2.18. The molecule has 1 amide bonds. The molecule has 0 aromatic carbocycles. The lowest BCUT2D eigenvalue weighted by atomic mass is 10.2. The van der Waals surface area contributed by atoms with Crippen LogP contribution in [0.3, 0.4) is 0 Å². The summed E-state index contributed by atoms with van der Waals surface area (Å²) in [4.78, 5) is 24.9. The number of aryl methyl sites for hydroxylation is 2. The number of carbonyl (C=O) groups is 1. The van der Waals surface area contributed by atoms with Crippen LogP contribution in [0.15, 0.2) is 30.5 Å². The van der Waals surface area contributed by atoms with Crippen molar-refractivity contribution in [2.24, 2.45) is 0 Å². The molecular weight excluding hydrogens is 268 g/mol. The maximum Gasteiger partial charge on any atom is 0.270 e. The lowest BCUT2D eigenvalue weighted by Crippen LogP contribution is -2.32. The summed E-state index contributed by atoms with van der Waals surface area (Å²) in [6, 6.07) is 6.88. The van der Waals surface area contributed by atoms with E-state index < -0.39 is 0 Å². The molecule has 2 heterocycles. The lowest BCUT2D eigenvalue weighted by molar-refractivity contribution is 0.0889. The van der Waals surface area contributed by atoms with Gasteiger partial charge in [-0.05, 0) is 32.0 Å². The van der Waals surface area contributed by atoms with Crippen LogP contribution in [0.1, 0.15) is 33.7 Å². The van der Waals surface area contributed by atoms with Crippen LogP contribution < -0.4 is 5.32 Å². The summed E-state index contributed by atoms with van der Waals surface area (Å²) >= 11 is 0. The van der Waals surface area contributed by atoms with Crippen molar-refractivity contribution >= 4 is 5.91 Å². The number of pyridine rings is 1. The van der Waals surface area contributed by atoms with Gasteiger partial charge in [-0.25, -0.2) is 9.97 Å². The molecule has 1 N–H and O–H groups in total. The molecule has 2 aromatic heterocycles. The lowest BCUT2D eigenvalue weighted by Gasteiger charge is -2.17. The van der Waals surface area contributed by atoms with E-state index in [1.54, 1.807) is 26.3 Å². The Kier molecular flexibility index (Phi) is 4.94. The number of hydrogen-bond donors (Lipinski definition) is 1. The van der Waals surface area contributed by atoms with Crippen molar-refractivity contribution in [2.45, 2.75) is 19.9 Å². The van der Waals surface area contributed by atoms with Gasteiger partial charge in [0, 0.05) is 19.0 Å². The van der Waals surface area contributed by atoms with Crippen LogP contribution in [0.5, 0.6) is 0 Å². The zero-order chi connectivity index (χ0) is 15.2. The Hall–Kier alpha value is -2.34. The first-order valence-electron chi connectivity index (χ1n) is 6.63. The number of amides is 1. The second kappa shape index (κ2) is 6.90. The Morgan fingerprint density at radius 2 is 2.14 bits per heavy atom. The van der Waals surface area contributed by atoms with E-state index in [0.717, 1.165) is 11.4 Å². The van der Waals surface area contributed by atoms with Gasteiger partial charge in [0.2, 0.25) is 0 Å². The fourth-order valence-electron chi connectivity index (χ4n) is 2.02. The average Bonchev–Trinajstić information content (AvgIpc) is 2.46. The standard InChI is InChI=1S/C15H18N4O2/c1-10-8-13(18-11(2)17-10)15(20)19-14(9-21-3)12-6-4-5-7-16-12/h4-8,14H,9H2,1-3H3,(H,19,20). The third kappa shape index (κ3) is 4.06. The molecule has 0 saturated carbocycles. The van der Waals surface area contributed by atoms with Crippen molar-refractivity contribution in [3.63, 3.8) is 0 Å². The van der Waals surface area contributed by atoms with Crippen molar-refractivity contribution in [1.82, 2.24) is 20.3 Å². The Morgan fingerprint density at radius 3 is 2.76 bits per heavy atom. The van der Waals surface area contributed by atoms with E-state index in [9.17, 15) is 4.79 Å². The van der Waals surface area contributed by atoms with E-state index in [1.807, 2.05) is 25.1 Å². The molecule has 0 bridgehead atoms. The highest BCUT2D eigenvalue weighted by Crippen LogP contribution is 2.11. The first kappa shape index (κ1) is 15.1. The molecule has 0 fully saturated rings. The van der Waals surface area contributed by atoms with Gasteiger partial charge in [-0.2, -0.15) is 0 Å². The molecule has 0 saturated heterocycles. The highest BCUT2D eigenvalue weighted by molar-refractivity contribution is 5.92. The van der Waals surface area contributed by atoms with Gasteiger partial charge >= 0.3 is 0 Å². The van der Waals surface area contributed by atoms with Gasteiger partial charge in [0.1, 0.15) is 11.5 Å². The van der Waals surface area contributed by atoms with Crippen molar-refractivity contribution in [3.05, 3.63) is 53.4 Å². The van der Waals surface area contributed by atoms with Gasteiger partial charge < -0.3 is 10.1 Å². The SMILES string of the molecule is COCC(NC(=O)c1cc(C)nc(C)n1)c1ccccn1. The number of aromatic nitrogens is 3. The van der Waals surface area contributed by atoms with Crippen LogP contribution >= 0.6 is 0 Å². The Morgan fingerprint density at radius 1 is 1.33 bits per heavy atom. The maximum absolute atomic E-state index is 12.3. The van der Waals surface area contributed by atoms with Gasteiger partial charge in [-0.15, -0.1) is 0 Å². The molecule has 0 aliphatic carbocycles. The van der Waals surface area contributed by atoms with Gasteiger partial charge in [0.15, 0.2) is 0 Å². The van der Waals surface area contributed by atoms with Gasteiger partial charge in [0.25, 0.3) is 5.91 Å². The highest BCUT2D eigenvalue weighted by atomic mass is 16.5. The zero-order valence-electron chi connectivity index (χ0n) is 12.3. The molecule has 21 heavy (non-hydrogen) atoms. The fraction of sp³-hybridized carbons (Fsp3) is 0.333. The summed E-state index contributed by atoms with van der Waals surface area (Å²) in [7, 11) is 1.58. The van der Waals surface area contributed by atoms with Gasteiger partial charge in [-0.3, -0.25) is 9.78 Å². The molecule has 6 heteroatoms. The Labute approximate surface area is 123 Å². The smallest absolute Gasteiger partial charge is 0.270 e. The number of nitrogens with zero attached hydrogens (tertiary/aromatic N) is 3. The van der Waals surface area contributed by atoms with Crippen molar-refractivity contribution < 1.29 is 9.53 Å². The largest absolute Gasteiger partial charge is 0.382 e. The molecule has 110 valence electrons. The van der Waals surface area contributed by atoms with Gasteiger partial charge in [0.05, 0.1) is 18.3 Å². The number of rotatable bonds is 5. The molecule has 2 aromatic rings. The summed E-state index contributed by atoms with van der Waals surface area (Å²) in [5, 5.41) is 2.89. The second-order valence-electron chi connectivity index (χ2n) is 4.68. The molecule has 0 radical (unpaired) electrons. The maximum atomic E-state index is 12.3. The van der Waals surface area contributed by atoms with Crippen LogP contribution in [-0.4, -0.2) is 34.6 Å². The molecule has 0 aliphatic heterocycles. The molecule has 0 aliphatic rings.